The minimum Gasteiger partial charge on any atom is -0.481 e. The maximum Gasteiger partial charge on any atom is 0.317 e. The van der Waals surface area contributed by atoms with Crippen molar-refractivity contribution in [1.29, 1.82) is 0 Å². The molecule has 0 aliphatic rings. The van der Waals surface area contributed by atoms with Crippen LogP contribution in [-0.4, -0.2) is 79.3 Å². The molecule has 122 valence electrons. The van der Waals surface area contributed by atoms with Gasteiger partial charge in [-0.05, 0) is 13.8 Å². The van der Waals surface area contributed by atoms with Crippen LogP contribution < -0.4 is 5.32 Å². The van der Waals surface area contributed by atoms with Crippen LogP contribution in [0.25, 0.3) is 0 Å². The van der Waals surface area contributed by atoms with Crippen molar-refractivity contribution in [2.75, 3.05) is 40.3 Å². The second kappa shape index (κ2) is 9.98. The average molecular weight is 303 g/mol. The third-order valence-corrected chi connectivity index (χ3v) is 3.05. The zero-order chi connectivity index (χ0) is 16.4. The minimum atomic E-state index is -0.999. The van der Waals surface area contributed by atoms with Gasteiger partial charge in [-0.1, -0.05) is 0 Å². The Hall–Kier alpha value is -1.83. The molecule has 2 N–H and O–H groups in total. The number of likely N-dealkylation sites (N-methyl/N-ethyl adjacent to an activating group) is 2. The van der Waals surface area contributed by atoms with E-state index in [1.807, 2.05) is 13.8 Å². The Morgan fingerprint density at radius 1 is 1.24 bits per heavy atom. The molecule has 0 radical (unpaired) electrons. The van der Waals surface area contributed by atoms with E-state index in [-0.39, 0.29) is 25.4 Å². The maximum atomic E-state index is 11.9. The van der Waals surface area contributed by atoms with Gasteiger partial charge in [0.25, 0.3) is 0 Å². The van der Waals surface area contributed by atoms with Gasteiger partial charge in [0.15, 0.2) is 0 Å². The zero-order valence-electron chi connectivity index (χ0n) is 13.1. The number of nitrogens with one attached hydrogen (secondary N) is 1. The molecule has 8 nitrogen and oxygen atoms in total. The standard InChI is InChI=1S/C13H25N3O5/c1-5-16(6-2)11(17)9-15(3)13(20)14-8-10(21-4)7-12(18)19/h10H,5-9H2,1-4H3,(H,14,20)(H,18,19). The Morgan fingerprint density at radius 2 is 1.81 bits per heavy atom. The van der Waals surface area contributed by atoms with Crippen LogP contribution in [0.1, 0.15) is 20.3 Å². The summed E-state index contributed by atoms with van der Waals surface area (Å²) in [5.41, 5.74) is 0. The molecule has 21 heavy (non-hydrogen) atoms. The second-order valence-corrected chi connectivity index (χ2v) is 4.56. The normalized spacial score (nSPS) is 11.6. The van der Waals surface area contributed by atoms with Crippen molar-refractivity contribution in [1.82, 2.24) is 15.1 Å². The first-order chi connectivity index (χ1) is 9.85. The highest BCUT2D eigenvalue weighted by molar-refractivity contribution is 5.83. The number of hydrogen-bond donors (Lipinski definition) is 2. The van der Waals surface area contributed by atoms with Crippen molar-refractivity contribution in [2.24, 2.45) is 0 Å². The Bertz CT molecular complexity index is 358. The van der Waals surface area contributed by atoms with E-state index < -0.39 is 18.1 Å². The third kappa shape index (κ3) is 7.50. The molecular weight excluding hydrogens is 278 g/mol. The number of amides is 3. The lowest BCUT2D eigenvalue weighted by molar-refractivity contribution is -0.139. The minimum absolute atomic E-state index is 0.0237. The number of nitrogens with zero attached hydrogens (tertiary/aromatic N) is 2. The Morgan fingerprint density at radius 3 is 2.24 bits per heavy atom. The molecule has 8 heteroatoms. The summed E-state index contributed by atoms with van der Waals surface area (Å²) in [6.07, 6.45) is -0.794. The summed E-state index contributed by atoms with van der Waals surface area (Å²) in [7, 11) is 2.89. The van der Waals surface area contributed by atoms with Gasteiger partial charge in [0, 0.05) is 33.8 Å². The number of carbonyl (C=O) groups is 3. The van der Waals surface area contributed by atoms with Crippen molar-refractivity contribution in [2.45, 2.75) is 26.4 Å². The van der Waals surface area contributed by atoms with Gasteiger partial charge in [0.1, 0.15) is 6.54 Å². The van der Waals surface area contributed by atoms with Gasteiger partial charge in [0.2, 0.25) is 5.91 Å². The highest BCUT2D eigenvalue weighted by Crippen LogP contribution is 1.97. The third-order valence-electron chi connectivity index (χ3n) is 3.05. The first-order valence-electron chi connectivity index (χ1n) is 6.86. The summed E-state index contributed by atoms with van der Waals surface area (Å²) < 4.78 is 4.96. The summed E-state index contributed by atoms with van der Waals surface area (Å²) in [4.78, 5) is 37.2. The smallest absolute Gasteiger partial charge is 0.317 e. The fraction of sp³-hybridized carbons (Fsp3) is 0.769. The largest absolute Gasteiger partial charge is 0.481 e. The van der Waals surface area contributed by atoms with Crippen LogP contribution in [0.15, 0.2) is 0 Å². The molecule has 0 aliphatic heterocycles. The summed E-state index contributed by atoms with van der Waals surface area (Å²) >= 11 is 0. The molecule has 0 bridgehead atoms. The summed E-state index contributed by atoms with van der Waals surface area (Å²) in [6.45, 7) is 4.98. The van der Waals surface area contributed by atoms with Crippen LogP contribution in [0.3, 0.4) is 0 Å². The Balaban J connectivity index is 4.26. The van der Waals surface area contributed by atoms with Crippen LogP contribution in [0, 0.1) is 0 Å². The van der Waals surface area contributed by atoms with E-state index in [0.29, 0.717) is 13.1 Å². The molecule has 0 fully saturated rings. The molecule has 0 saturated carbocycles. The van der Waals surface area contributed by atoms with Crippen LogP contribution >= 0.6 is 0 Å². The lowest BCUT2D eigenvalue weighted by atomic mass is 10.2. The van der Waals surface area contributed by atoms with Crippen molar-refractivity contribution in [3.05, 3.63) is 0 Å². The maximum absolute atomic E-state index is 11.9. The van der Waals surface area contributed by atoms with Crippen molar-refractivity contribution < 1.29 is 24.2 Å². The van der Waals surface area contributed by atoms with E-state index in [9.17, 15) is 14.4 Å². The number of carboxylic acid groups (broad SMARTS) is 1. The van der Waals surface area contributed by atoms with Crippen LogP contribution in [0.2, 0.25) is 0 Å². The molecule has 0 heterocycles. The van der Waals surface area contributed by atoms with Gasteiger partial charge in [-0.15, -0.1) is 0 Å². The highest BCUT2D eigenvalue weighted by Gasteiger charge is 2.18. The number of aliphatic carboxylic acids is 1. The van der Waals surface area contributed by atoms with E-state index in [2.05, 4.69) is 5.32 Å². The first-order valence-corrected chi connectivity index (χ1v) is 6.86. The Kier molecular flexibility index (Phi) is 9.11. The lowest BCUT2D eigenvalue weighted by Gasteiger charge is -2.24. The van der Waals surface area contributed by atoms with Crippen molar-refractivity contribution in [3.63, 3.8) is 0 Å². The number of ether oxygens (including phenoxy) is 1. The summed E-state index contributed by atoms with van der Waals surface area (Å²) in [6, 6.07) is -0.442. The van der Waals surface area contributed by atoms with Crippen molar-refractivity contribution >= 4 is 17.9 Å². The fourth-order valence-corrected chi connectivity index (χ4v) is 1.72. The number of carboxylic acids is 1. The number of rotatable bonds is 9. The van der Waals surface area contributed by atoms with E-state index in [4.69, 9.17) is 9.84 Å². The van der Waals surface area contributed by atoms with Gasteiger partial charge < -0.3 is 25.0 Å². The topological polar surface area (TPSA) is 99.2 Å². The van der Waals surface area contributed by atoms with Gasteiger partial charge in [-0.2, -0.15) is 0 Å². The predicted molar refractivity (Wildman–Crippen MR) is 77.0 cm³/mol. The van der Waals surface area contributed by atoms with E-state index >= 15 is 0 Å². The summed E-state index contributed by atoms with van der Waals surface area (Å²) in [5, 5.41) is 11.2. The fourth-order valence-electron chi connectivity index (χ4n) is 1.72. The van der Waals surface area contributed by atoms with Crippen molar-refractivity contribution in [3.8, 4) is 0 Å². The molecule has 0 rings (SSSR count). The van der Waals surface area contributed by atoms with E-state index in [1.54, 1.807) is 4.90 Å². The van der Waals surface area contributed by atoms with Crippen LogP contribution in [-0.2, 0) is 14.3 Å². The molecule has 0 aromatic carbocycles. The molecule has 0 spiro atoms. The molecule has 0 saturated heterocycles. The molecule has 0 aromatic heterocycles. The second-order valence-electron chi connectivity index (χ2n) is 4.56. The van der Waals surface area contributed by atoms with Crippen LogP contribution in [0.4, 0.5) is 4.79 Å². The number of hydrogen-bond acceptors (Lipinski definition) is 4. The Labute approximate surface area is 125 Å². The molecular formula is C13H25N3O5. The molecule has 0 aliphatic carbocycles. The van der Waals surface area contributed by atoms with E-state index in [0.717, 1.165) is 0 Å². The molecule has 3 amide bonds. The van der Waals surface area contributed by atoms with Gasteiger partial charge in [-0.25, -0.2) is 4.79 Å². The number of methoxy groups -OCH3 is 1. The lowest BCUT2D eigenvalue weighted by Crippen LogP contribution is -2.46. The SMILES string of the molecule is CCN(CC)C(=O)CN(C)C(=O)NCC(CC(=O)O)OC. The number of urea groups is 1. The highest BCUT2D eigenvalue weighted by atomic mass is 16.5. The van der Waals surface area contributed by atoms with E-state index in [1.165, 1.54) is 19.1 Å². The summed E-state index contributed by atoms with van der Waals surface area (Å²) in [5.74, 6) is -1.13. The molecule has 1 unspecified atom stereocenters. The van der Waals surface area contributed by atoms with Gasteiger partial charge >= 0.3 is 12.0 Å². The van der Waals surface area contributed by atoms with Gasteiger partial charge in [-0.3, -0.25) is 9.59 Å². The van der Waals surface area contributed by atoms with Crippen LogP contribution in [0.5, 0.6) is 0 Å². The van der Waals surface area contributed by atoms with Gasteiger partial charge in [0.05, 0.1) is 12.5 Å². The number of carbonyl (C=O) groups excluding carboxylic acids is 2. The quantitative estimate of drug-likeness (QED) is 0.624. The zero-order valence-corrected chi connectivity index (χ0v) is 13.1. The average Bonchev–Trinajstić information content (AvgIpc) is 2.43. The first kappa shape index (κ1) is 19.2. The predicted octanol–water partition coefficient (Wildman–Crippen LogP) is -0.0141. The monoisotopic (exact) mass is 303 g/mol. The molecule has 0 aromatic rings. The molecule has 1 atom stereocenters.